The lowest BCUT2D eigenvalue weighted by molar-refractivity contribution is 0.343. The van der Waals surface area contributed by atoms with E-state index in [0.29, 0.717) is 0 Å². The molecular formula is C12H19N3. The topological polar surface area (TPSA) is 40.7 Å². The van der Waals surface area contributed by atoms with Gasteiger partial charge in [0.15, 0.2) is 0 Å². The fourth-order valence-corrected chi connectivity index (χ4v) is 2.36. The number of H-pyrrole nitrogens is 1. The van der Waals surface area contributed by atoms with Crippen LogP contribution in [0.15, 0.2) is 0 Å². The van der Waals surface area contributed by atoms with Crippen molar-refractivity contribution in [1.82, 2.24) is 15.3 Å². The molecule has 0 spiro atoms. The zero-order valence-corrected chi connectivity index (χ0v) is 9.34. The zero-order chi connectivity index (χ0) is 10.3. The van der Waals surface area contributed by atoms with Crippen molar-refractivity contribution in [3.8, 4) is 0 Å². The van der Waals surface area contributed by atoms with Crippen molar-refractivity contribution in [2.75, 3.05) is 13.1 Å². The third kappa shape index (κ3) is 1.69. The van der Waals surface area contributed by atoms with E-state index in [1.807, 2.05) is 0 Å². The molecular weight excluding hydrogens is 186 g/mol. The molecule has 2 aliphatic rings. The van der Waals surface area contributed by atoms with Gasteiger partial charge in [0.25, 0.3) is 0 Å². The second-order valence-electron chi connectivity index (χ2n) is 5.05. The van der Waals surface area contributed by atoms with Gasteiger partial charge in [-0.2, -0.15) is 0 Å². The molecule has 0 amide bonds. The molecule has 3 nitrogen and oxygen atoms in total. The molecule has 0 unspecified atom stereocenters. The summed E-state index contributed by atoms with van der Waals surface area (Å²) in [6.07, 6.45) is 5.20. The Bertz CT molecular complexity index is 348. The predicted octanol–water partition coefficient (Wildman–Crippen LogP) is 1.75. The van der Waals surface area contributed by atoms with Crippen LogP contribution in [0.1, 0.15) is 42.4 Å². The molecule has 2 fully saturated rings. The van der Waals surface area contributed by atoms with Crippen LogP contribution in [-0.2, 0) is 6.42 Å². The maximum Gasteiger partial charge on any atom is 0.109 e. The Morgan fingerprint density at radius 2 is 2.13 bits per heavy atom. The number of aromatic amines is 1. The van der Waals surface area contributed by atoms with Crippen LogP contribution in [0.4, 0.5) is 0 Å². The van der Waals surface area contributed by atoms with Crippen LogP contribution in [0.5, 0.6) is 0 Å². The summed E-state index contributed by atoms with van der Waals surface area (Å²) in [5.74, 6) is 2.80. The third-order valence-electron chi connectivity index (χ3n) is 3.84. The minimum atomic E-state index is 0.733. The fraction of sp³-hybridized carbons (Fsp3) is 0.750. The van der Waals surface area contributed by atoms with Crippen LogP contribution >= 0.6 is 0 Å². The van der Waals surface area contributed by atoms with Crippen LogP contribution < -0.4 is 5.32 Å². The van der Waals surface area contributed by atoms with Gasteiger partial charge in [-0.25, -0.2) is 4.98 Å². The summed E-state index contributed by atoms with van der Waals surface area (Å²) in [7, 11) is 0. The number of imidazole rings is 1. The van der Waals surface area contributed by atoms with E-state index in [2.05, 4.69) is 17.2 Å². The van der Waals surface area contributed by atoms with Gasteiger partial charge in [0.2, 0.25) is 0 Å². The third-order valence-corrected chi connectivity index (χ3v) is 3.84. The number of aryl methyl sites for hydroxylation is 1. The van der Waals surface area contributed by atoms with Gasteiger partial charge in [0.05, 0.1) is 5.69 Å². The molecule has 2 N–H and O–H groups in total. The molecule has 2 heterocycles. The average molecular weight is 205 g/mol. The lowest BCUT2D eigenvalue weighted by atomic mass is 9.85. The van der Waals surface area contributed by atoms with E-state index in [1.165, 1.54) is 49.6 Å². The molecule has 1 saturated heterocycles. The number of nitrogens with zero attached hydrogens (tertiary/aromatic N) is 1. The monoisotopic (exact) mass is 205 g/mol. The summed E-state index contributed by atoms with van der Waals surface area (Å²) in [6.45, 7) is 4.51. The van der Waals surface area contributed by atoms with Crippen molar-refractivity contribution < 1.29 is 0 Å². The Morgan fingerprint density at radius 3 is 2.67 bits per heavy atom. The van der Waals surface area contributed by atoms with Gasteiger partial charge >= 0.3 is 0 Å². The number of rotatable bonds is 3. The van der Waals surface area contributed by atoms with Crippen molar-refractivity contribution in [2.45, 2.75) is 38.5 Å². The largest absolute Gasteiger partial charge is 0.346 e. The summed E-state index contributed by atoms with van der Waals surface area (Å²) in [5.41, 5.74) is 2.60. The molecule has 0 atom stereocenters. The molecule has 15 heavy (non-hydrogen) atoms. The van der Waals surface area contributed by atoms with Crippen molar-refractivity contribution >= 4 is 0 Å². The SMILES string of the molecule is Cc1[nH]c(C2CCC2)nc1CC1CNC1. The van der Waals surface area contributed by atoms with Crippen LogP contribution in [0.25, 0.3) is 0 Å². The van der Waals surface area contributed by atoms with Gasteiger partial charge in [0, 0.05) is 11.6 Å². The highest BCUT2D eigenvalue weighted by Gasteiger charge is 2.25. The molecule has 1 saturated carbocycles. The lowest BCUT2D eigenvalue weighted by Crippen LogP contribution is -2.43. The van der Waals surface area contributed by atoms with Crippen molar-refractivity contribution in [2.24, 2.45) is 5.92 Å². The molecule has 0 radical (unpaired) electrons. The van der Waals surface area contributed by atoms with Gasteiger partial charge in [-0.3, -0.25) is 0 Å². The summed E-state index contributed by atoms with van der Waals surface area (Å²) < 4.78 is 0. The fourth-order valence-electron chi connectivity index (χ4n) is 2.36. The number of nitrogens with one attached hydrogen (secondary N) is 2. The van der Waals surface area contributed by atoms with Gasteiger partial charge in [-0.1, -0.05) is 6.42 Å². The van der Waals surface area contributed by atoms with Gasteiger partial charge in [0.1, 0.15) is 5.82 Å². The van der Waals surface area contributed by atoms with E-state index >= 15 is 0 Å². The van der Waals surface area contributed by atoms with Crippen LogP contribution in [0, 0.1) is 12.8 Å². The molecule has 3 heteroatoms. The van der Waals surface area contributed by atoms with Gasteiger partial charge in [-0.05, 0) is 45.2 Å². The maximum atomic E-state index is 4.77. The summed E-state index contributed by atoms with van der Waals surface area (Å²) in [6, 6.07) is 0. The Morgan fingerprint density at radius 1 is 1.33 bits per heavy atom. The van der Waals surface area contributed by atoms with E-state index in [4.69, 9.17) is 4.98 Å². The highest BCUT2D eigenvalue weighted by atomic mass is 15.0. The Labute approximate surface area is 90.7 Å². The van der Waals surface area contributed by atoms with Crippen molar-refractivity contribution in [1.29, 1.82) is 0 Å². The molecule has 1 aromatic heterocycles. The Kier molecular flexibility index (Phi) is 2.28. The predicted molar refractivity (Wildman–Crippen MR) is 60.0 cm³/mol. The second kappa shape index (κ2) is 3.63. The quantitative estimate of drug-likeness (QED) is 0.789. The van der Waals surface area contributed by atoms with E-state index < -0.39 is 0 Å². The smallest absolute Gasteiger partial charge is 0.109 e. The van der Waals surface area contributed by atoms with E-state index in [0.717, 1.165) is 18.3 Å². The molecule has 1 aliphatic carbocycles. The molecule has 0 bridgehead atoms. The van der Waals surface area contributed by atoms with E-state index in [9.17, 15) is 0 Å². The van der Waals surface area contributed by atoms with Gasteiger partial charge < -0.3 is 10.3 Å². The highest BCUT2D eigenvalue weighted by Crippen LogP contribution is 2.35. The standard InChI is InChI=1S/C12H19N3/c1-8-11(5-9-6-13-7-9)15-12(14-8)10-3-2-4-10/h9-10,13H,2-7H2,1H3,(H,14,15). The minimum Gasteiger partial charge on any atom is -0.346 e. The summed E-state index contributed by atoms with van der Waals surface area (Å²) >= 11 is 0. The van der Waals surface area contributed by atoms with Crippen molar-refractivity contribution in [3.63, 3.8) is 0 Å². The summed E-state index contributed by atoms with van der Waals surface area (Å²) in [4.78, 5) is 8.24. The Hall–Kier alpha value is -0.830. The van der Waals surface area contributed by atoms with Crippen molar-refractivity contribution in [3.05, 3.63) is 17.2 Å². The molecule has 3 rings (SSSR count). The maximum absolute atomic E-state index is 4.77. The molecule has 1 aliphatic heterocycles. The zero-order valence-electron chi connectivity index (χ0n) is 9.34. The number of hydrogen-bond donors (Lipinski definition) is 2. The molecule has 1 aromatic rings. The minimum absolute atomic E-state index is 0.733. The Balaban J connectivity index is 1.72. The van der Waals surface area contributed by atoms with E-state index in [1.54, 1.807) is 0 Å². The molecule has 0 aromatic carbocycles. The highest BCUT2D eigenvalue weighted by molar-refractivity contribution is 5.17. The first-order chi connectivity index (χ1) is 7.33. The first-order valence-corrected chi connectivity index (χ1v) is 6.09. The number of aromatic nitrogens is 2. The van der Waals surface area contributed by atoms with E-state index in [-0.39, 0.29) is 0 Å². The van der Waals surface area contributed by atoms with Crippen LogP contribution in [0.2, 0.25) is 0 Å². The number of hydrogen-bond acceptors (Lipinski definition) is 2. The van der Waals surface area contributed by atoms with Crippen LogP contribution in [0.3, 0.4) is 0 Å². The second-order valence-corrected chi connectivity index (χ2v) is 5.05. The first-order valence-electron chi connectivity index (χ1n) is 6.09. The normalized spacial score (nSPS) is 22.5. The van der Waals surface area contributed by atoms with Gasteiger partial charge in [-0.15, -0.1) is 0 Å². The lowest BCUT2D eigenvalue weighted by Gasteiger charge is -2.26. The summed E-state index contributed by atoms with van der Waals surface area (Å²) in [5, 5.41) is 3.31. The van der Waals surface area contributed by atoms with Crippen LogP contribution in [-0.4, -0.2) is 23.1 Å². The molecule has 82 valence electrons. The first kappa shape index (κ1) is 9.40. The average Bonchev–Trinajstić information content (AvgIpc) is 2.37.